The summed E-state index contributed by atoms with van der Waals surface area (Å²) in [5.41, 5.74) is 10.3. The first-order valence-corrected chi connectivity index (χ1v) is 13.4. The molecule has 0 heterocycles. The van der Waals surface area contributed by atoms with Gasteiger partial charge in [0.15, 0.2) is 7.14 Å². The molecule has 0 aliphatic heterocycles. The van der Waals surface area contributed by atoms with Crippen LogP contribution in [0.15, 0.2) is 145 Å². The summed E-state index contributed by atoms with van der Waals surface area (Å²) < 4.78 is 15.4. The molecule has 0 atom stereocenters. The molecule has 0 fully saturated rings. The molecule has 0 N–H and O–H groups in total. The standard InChI is InChI=1S/C33H23OP/c34-35(26-16-6-2-7-17-26,27-18-8-3-9-19-27)33(25-14-4-1-5-15-25)24-32-30-22-12-10-20-28(30)29-21-11-13-23-31(29)32/h1-23H. The molecule has 6 rings (SSSR count). The zero-order valence-corrected chi connectivity index (χ0v) is 20.0. The van der Waals surface area contributed by atoms with Crippen LogP contribution in [0.2, 0.25) is 0 Å². The van der Waals surface area contributed by atoms with Crippen molar-refractivity contribution in [3.63, 3.8) is 0 Å². The van der Waals surface area contributed by atoms with E-state index in [0.29, 0.717) is 0 Å². The molecule has 1 nitrogen and oxygen atoms in total. The molecule has 0 amide bonds. The van der Waals surface area contributed by atoms with Gasteiger partial charge in [-0.15, -0.1) is 0 Å². The lowest BCUT2D eigenvalue weighted by Crippen LogP contribution is -2.16. The van der Waals surface area contributed by atoms with E-state index < -0.39 is 7.14 Å². The molecule has 1 aliphatic carbocycles. The Hall–Kier alpha value is -4.15. The highest BCUT2D eigenvalue weighted by Gasteiger charge is 2.34. The Morgan fingerprint density at radius 3 is 1.29 bits per heavy atom. The monoisotopic (exact) mass is 466 g/mol. The van der Waals surface area contributed by atoms with Crippen molar-refractivity contribution in [3.05, 3.63) is 162 Å². The van der Waals surface area contributed by atoms with E-state index in [0.717, 1.165) is 38.2 Å². The Labute approximate surface area is 206 Å². The molecule has 1 aliphatic rings. The highest BCUT2D eigenvalue weighted by molar-refractivity contribution is 7.87. The maximum Gasteiger partial charge on any atom is 0.179 e. The zero-order chi connectivity index (χ0) is 23.7. The van der Waals surface area contributed by atoms with Crippen LogP contribution in [0.1, 0.15) is 16.7 Å². The molecule has 166 valence electrons. The Balaban J connectivity index is 1.77. The quantitative estimate of drug-likeness (QED) is 0.192. The topological polar surface area (TPSA) is 17.1 Å². The molecule has 0 bridgehead atoms. The Morgan fingerprint density at radius 1 is 0.457 bits per heavy atom. The first kappa shape index (κ1) is 21.4. The van der Waals surface area contributed by atoms with E-state index in [4.69, 9.17) is 0 Å². The van der Waals surface area contributed by atoms with Crippen LogP contribution in [0, 0.1) is 0 Å². The first-order chi connectivity index (χ1) is 17.3. The number of hydrogen-bond acceptors (Lipinski definition) is 1. The number of rotatable bonds is 4. The summed E-state index contributed by atoms with van der Waals surface area (Å²) in [7, 11) is -3.25. The second-order valence-corrected chi connectivity index (χ2v) is 11.3. The van der Waals surface area contributed by atoms with Gasteiger partial charge in [-0.05, 0) is 27.8 Å². The Morgan fingerprint density at radius 2 is 0.829 bits per heavy atom. The molecule has 0 radical (unpaired) electrons. The van der Waals surface area contributed by atoms with E-state index in [1.165, 1.54) is 11.1 Å². The minimum atomic E-state index is -3.25. The zero-order valence-electron chi connectivity index (χ0n) is 19.1. The van der Waals surface area contributed by atoms with E-state index in [9.17, 15) is 0 Å². The van der Waals surface area contributed by atoms with E-state index in [2.05, 4.69) is 54.3 Å². The van der Waals surface area contributed by atoms with Gasteiger partial charge in [-0.3, -0.25) is 0 Å². The summed E-state index contributed by atoms with van der Waals surface area (Å²) in [6.07, 6.45) is 0. The second-order valence-electron chi connectivity index (χ2n) is 8.59. The van der Waals surface area contributed by atoms with E-state index in [1.807, 2.05) is 91.0 Å². The molecule has 35 heavy (non-hydrogen) atoms. The highest BCUT2D eigenvalue weighted by atomic mass is 31.2. The molecule has 2 heteroatoms. The third-order valence-electron chi connectivity index (χ3n) is 6.53. The van der Waals surface area contributed by atoms with Crippen molar-refractivity contribution in [2.75, 3.05) is 0 Å². The Kier molecular flexibility index (Phi) is 5.44. The fourth-order valence-corrected chi connectivity index (χ4v) is 7.66. The van der Waals surface area contributed by atoms with E-state index in [-0.39, 0.29) is 0 Å². The van der Waals surface area contributed by atoms with Crippen LogP contribution >= 0.6 is 7.14 Å². The lowest BCUT2D eigenvalue weighted by Gasteiger charge is -2.22. The normalized spacial score (nSPS) is 11.9. The van der Waals surface area contributed by atoms with Gasteiger partial charge < -0.3 is 4.57 Å². The van der Waals surface area contributed by atoms with Crippen LogP contribution in [0.25, 0.3) is 22.0 Å². The van der Waals surface area contributed by atoms with E-state index in [1.54, 1.807) is 0 Å². The van der Waals surface area contributed by atoms with Gasteiger partial charge in [0, 0.05) is 16.2 Å². The average molecular weight is 467 g/mol. The molecule has 0 saturated carbocycles. The summed E-state index contributed by atoms with van der Waals surface area (Å²) in [6, 6.07) is 46.5. The lowest BCUT2D eigenvalue weighted by molar-refractivity contribution is 0.593. The first-order valence-electron chi connectivity index (χ1n) is 11.7. The van der Waals surface area contributed by atoms with E-state index >= 15 is 4.57 Å². The van der Waals surface area contributed by atoms with Crippen molar-refractivity contribution in [2.24, 2.45) is 0 Å². The van der Waals surface area contributed by atoms with Crippen LogP contribution in [-0.2, 0) is 4.57 Å². The predicted octanol–water partition coefficient (Wildman–Crippen LogP) is 7.75. The summed E-state index contributed by atoms with van der Waals surface area (Å²) >= 11 is 0. The summed E-state index contributed by atoms with van der Waals surface area (Å²) in [4.78, 5) is 0. The smallest absolute Gasteiger partial charge is 0.179 e. The molecule has 0 saturated heterocycles. The number of benzene rings is 5. The van der Waals surface area contributed by atoms with Crippen LogP contribution in [-0.4, -0.2) is 0 Å². The van der Waals surface area contributed by atoms with Crippen LogP contribution < -0.4 is 10.6 Å². The van der Waals surface area contributed by atoms with Gasteiger partial charge in [-0.2, -0.15) is 0 Å². The number of hydrogen-bond donors (Lipinski definition) is 0. The molecule has 5 aromatic carbocycles. The average Bonchev–Trinajstić information content (AvgIpc) is 3.26. The van der Waals surface area contributed by atoms with Crippen molar-refractivity contribution in [1.82, 2.24) is 0 Å². The molecular formula is C33H23OP. The molecular weight excluding hydrogens is 443 g/mol. The van der Waals surface area contributed by atoms with Gasteiger partial charge in [0.1, 0.15) is 0 Å². The number of fused-ring (bicyclic) bond motifs is 3. The minimum absolute atomic E-state index is 0.719. The van der Waals surface area contributed by atoms with Crippen molar-refractivity contribution in [2.45, 2.75) is 0 Å². The minimum Gasteiger partial charge on any atom is -0.308 e. The predicted molar refractivity (Wildman–Crippen MR) is 148 cm³/mol. The summed E-state index contributed by atoms with van der Waals surface area (Å²) in [5.74, 6) is 0. The summed E-state index contributed by atoms with van der Waals surface area (Å²) in [5, 5.41) is 2.33. The van der Waals surface area contributed by atoms with Gasteiger partial charge >= 0.3 is 0 Å². The second kappa shape index (κ2) is 8.90. The van der Waals surface area contributed by atoms with Gasteiger partial charge in [-0.1, -0.05) is 145 Å². The molecule has 0 spiro atoms. The SMILES string of the molecule is O=P(C(=C=C1c2ccccc2-c2ccccc21)c1ccccc1)(c1ccccc1)c1ccccc1. The van der Waals surface area contributed by atoms with Crippen molar-refractivity contribution < 1.29 is 4.57 Å². The van der Waals surface area contributed by atoms with Gasteiger partial charge in [-0.25, -0.2) is 0 Å². The highest BCUT2D eigenvalue weighted by Crippen LogP contribution is 2.57. The van der Waals surface area contributed by atoms with Crippen molar-refractivity contribution >= 4 is 28.6 Å². The fourth-order valence-electron chi connectivity index (χ4n) is 4.88. The molecule has 0 aromatic heterocycles. The van der Waals surface area contributed by atoms with Gasteiger partial charge in [0.2, 0.25) is 0 Å². The van der Waals surface area contributed by atoms with Gasteiger partial charge in [0.25, 0.3) is 0 Å². The molecule has 5 aromatic rings. The van der Waals surface area contributed by atoms with Crippen LogP contribution in [0.5, 0.6) is 0 Å². The summed E-state index contributed by atoms with van der Waals surface area (Å²) in [6.45, 7) is 0. The Bertz CT molecular complexity index is 1540. The third-order valence-corrected chi connectivity index (χ3v) is 9.58. The van der Waals surface area contributed by atoms with Crippen molar-refractivity contribution in [1.29, 1.82) is 0 Å². The maximum absolute atomic E-state index is 15.4. The largest absolute Gasteiger partial charge is 0.308 e. The fraction of sp³-hybridized carbons (Fsp3) is 0. The molecule has 0 unspecified atom stereocenters. The van der Waals surface area contributed by atoms with Crippen LogP contribution in [0.4, 0.5) is 0 Å². The van der Waals surface area contributed by atoms with Crippen molar-refractivity contribution in [3.8, 4) is 11.1 Å². The van der Waals surface area contributed by atoms with Crippen LogP contribution in [0.3, 0.4) is 0 Å². The maximum atomic E-state index is 15.4. The third kappa shape index (κ3) is 3.63. The van der Waals surface area contributed by atoms with Gasteiger partial charge in [0.05, 0.1) is 5.31 Å². The lowest BCUT2D eigenvalue weighted by atomic mass is 10.0.